The van der Waals surface area contributed by atoms with Crippen LogP contribution in [0.15, 0.2) is 41.2 Å². The van der Waals surface area contributed by atoms with E-state index in [9.17, 15) is 8.78 Å². The number of halogens is 2. The van der Waals surface area contributed by atoms with E-state index in [-0.39, 0.29) is 5.75 Å². The van der Waals surface area contributed by atoms with Crippen molar-refractivity contribution in [2.24, 2.45) is 0 Å². The molecule has 0 saturated carbocycles. The molecule has 0 unspecified atom stereocenters. The topological polar surface area (TPSA) is 43.6 Å². The summed E-state index contributed by atoms with van der Waals surface area (Å²) in [4.78, 5) is 0. The van der Waals surface area contributed by atoms with E-state index in [0.717, 1.165) is 11.1 Å². The van der Waals surface area contributed by atoms with E-state index in [1.54, 1.807) is 31.6 Å². The summed E-state index contributed by atoms with van der Waals surface area (Å²) >= 11 is 0. The molecule has 1 N–H and O–H groups in total. The first-order valence-electron chi connectivity index (χ1n) is 6.61. The fourth-order valence-corrected chi connectivity index (χ4v) is 1.87. The molecule has 0 aliphatic rings. The molecule has 0 radical (unpaired) electrons. The minimum atomic E-state index is -2.87. The molecule has 0 saturated heterocycles. The molecule has 2 aromatic rings. The van der Waals surface area contributed by atoms with Crippen LogP contribution in [0.3, 0.4) is 0 Å². The molecule has 0 atom stereocenters. The molecule has 0 spiro atoms. The minimum absolute atomic E-state index is 0.0467. The number of furan rings is 1. The molecule has 6 heteroatoms. The summed E-state index contributed by atoms with van der Waals surface area (Å²) < 4.78 is 39.3. The lowest BCUT2D eigenvalue weighted by molar-refractivity contribution is -0.0514. The highest BCUT2D eigenvalue weighted by atomic mass is 19.3. The van der Waals surface area contributed by atoms with Gasteiger partial charge in [0.25, 0.3) is 0 Å². The number of hydrogen-bond donors (Lipinski definition) is 1. The van der Waals surface area contributed by atoms with Crippen molar-refractivity contribution in [2.75, 3.05) is 6.61 Å². The highest BCUT2D eigenvalue weighted by molar-refractivity contribution is 5.43. The first-order chi connectivity index (χ1) is 10.2. The van der Waals surface area contributed by atoms with Gasteiger partial charge in [-0.05, 0) is 30.7 Å². The van der Waals surface area contributed by atoms with Crippen molar-refractivity contribution in [3.05, 3.63) is 47.9 Å². The third-order valence-electron chi connectivity index (χ3n) is 2.76. The fraction of sp³-hybridized carbons (Fsp3) is 0.333. The van der Waals surface area contributed by atoms with Gasteiger partial charge in [0.15, 0.2) is 11.5 Å². The summed E-state index contributed by atoms with van der Waals surface area (Å²) in [5.41, 5.74) is 1.96. The summed E-state index contributed by atoms with van der Waals surface area (Å²) in [5, 5.41) is 3.23. The van der Waals surface area contributed by atoms with Gasteiger partial charge in [-0.25, -0.2) is 0 Å². The van der Waals surface area contributed by atoms with Crippen molar-refractivity contribution in [3.63, 3.8) is 0 Å². The van der Waals surface area contributed by atoms with Crippen LogP contribution >= 0.6 is 0 Å². The SMILES string of the molecule is CCOc1cc(CNCc2ccoc2)ccc1OC(F)F. The highest BCUT2D eigenvalue weighted by Crippen LogP contribution is 2.29. The van der Waals surface area contributed by atoms with Crippen LogP contribution in [0, 0.1) is 0 Å². The van der Waals surface area contributed by atoms with E-state index in [2.05, 4.69) is 10.1 Å². The monoisotopic (exact) mass is 297 g/mol. The molecule has 0 aliphatic carbocycles. The van der Waals surface area contributed by atoms with Crippen LogP contribution in [-0.4, -0.2) is 13.2 Å². The number of ether oxygens (including phenoxy) is 2. The first kappa shape index (κ1) is 15.3. The van der Waals surface area contributed by atoms with Gasteiger partial charge >= 0.3 is 6.61 Å². The smallest absolute Gasteiger partial charge is 0.387 e. The van der Waals surface area contributed by atoms with Gasteiger partial charge in [0.2, 0.25) is 0 Å². The average molecular weight is 297 g/mol. The molecular formula is C15H17F2NO3. The summed E-state index contributed by atoms with van der Waals surface area (Å²) in [5.74, 6) is 0.367. The van der Waals surface area contributed by atoms with Crippen LogP contribution in [0.1, 0.15) is 18.1 Å². The van der Waals surface area contributed by atoms with Crippen molar-refractivity contribution in [3.8, 4) is 11.5 Å². The van der Waals surface area contributed by atoms with Gasteiger partial charge in [-0.1, -0.05) is 6.07 Å². The van der Waals surface area contributed by atoms with Crippen molar-refractivity contribution in [2.45, 2.75) is 26.6 Å². The zero-order valence-corrected chi connectivity index (χ0v) is 11.6. The van der Waals surface area contributed by atoms with Crippen LogP contribution in [0.5, 0.6) is 11.5 Å². The number of nitrogens with one attached hydrogen (secondary N) is 1. The molecule has 0 bridgehead atoms. The van der Waals surface area contributed by atoms with Gasteiger partial charge in [-0.3, -0.25) is 0 Å². The molecule has 2 rings (SSSR count). The van der Waals surface area contributed by atoms with Gasteiger partial charge in [-0.2, -0.15) is 8.78 Å². The molecule has 1 aromatic heterocycles. The van der Waals surface area contributed by atoms with Gasteiger partial charge in [0, 0.05) is 18.7 Å². The summed E-state index contributed by atoms with van der Waals surface area (Å²) in [6.07, 6.45) is 3.28. The second-order valence-electron chi connectivity index (χ2n) is 4.33. The van der Waals surface area contributed by atoms with E-state index in [1.807, 2.05) is 6.07 Å². The van der Waals surface area contributed by atoms with Crippen LogP contribution in [-0.2, 0) is 13.1 Å². The summed E-state index contributed by atoms with van der Waals surface area (Å²) in [7, 11) is 0. The number of rotatable bonds is 8. The zero-order chi connectivity index (χ0) is 15.1. The first-order valence-corrected chi connectivity index (χ1v) is 6.61. The molecule has 0 amide bonds. The molecule has 114 valence electrons. The lowest BCUT2D eigenvalue weighted by atomic mass is 10.2. The van der Waals surface area contributed by atoms with Crippen molar-refractivity contribution >= 4 is 0 Å². The van der Waals surface area contributed by atoms with Gasteiger partial charge < -0.3 is 19.2 Å². The van der Waals surface area contributed by atoms with E-state index in [4.69, 9.17) is 9.15 Å². The van der Waals surface area contributed by atoms with Crippen molar-refractivity contribution in [1.29, 1.82) is 0 Å². The van der Waals surface area contributed by atoms with Gasteiger partial charge in [0.05, 0.1) is 19.1 Å². The lowest BCUT2D eigenvalue weighted by Crippen LogP contribution is -2.12. The second-order valence-corrected chi connectivity index (χ2v) is 4.33. The molecular weight excluding hydrogens is 280 g/mol. The Morgan fingerprint density at radius 1 is 1.14 bits per heavy atom. The maximum Gasteiger partial charge on any atom is 0.387 e. The standard InChI is InChI=1S/C15H17F2NO3/c1-2-20-14-7-11(3-4-13(14)21-15(16)17)8-18-9-12-5-6-19-10-12/h3-7,10,15,18H,2,8-9H2,1H3. The molecule has 1 aromatic carbocycles. The Kier molecular flexibility index (Phi) is 5.57. The number of benzene rings is 1. The molecule has 0 aliphatic heterocycles. The average Bonchev–Trinajstić information content (AvgIpc) is 2.94. The zero-order valence-electron chi connectivity index (χ0n) is 11.6. The Bertz CT molecular complexity index is 544. The van der Waals surface area contributed by atoms with E-state index in [1.165, 1.54) is 6.07 Å². The maximum absolute atomic E-state index is 12.3. The van der Waals surface area contributed by atoms with Crippen molar-refractivity contribution in [1.82, 2.24) is 5.32 Å². The normalized spacial score (nSPS) is 10.9. The number of alkyl halides is 2. The predicted octanol–water partition coefficient (Wildman–Crippen LogP) is 3.57. The van der Waals surface area contributed by atoms with Gasteiger partial charge in [0.1, 0.15) is 0 Å². The Morgan fingerprint density at radius 2 is 1.95 bits per heavy atom. The third-order valence-corrected chi connectivity index (χ3v) is 2.76. The van der Waals surface area contributed by atoms with E-state index in [0.29, 0.717) is 25.4 Å². The van der Waals surface area contributed by atoms with Crippen LogP contribution in [0.2, 0.25) is 0 Å². The predicted molar refractivity (Wildman–Crippen MR) is 73.5 cm³/mol. The minimum Gasteiger partial charge on any atom is -0.490 e. The van der Waals surface area contributed by atoms with Crippen molar-refractivity contribution < 1.29 is 22.7 Å². The number of hydrogen-bond acceptors (Lipinski definition) is 4. The quantitative estimate of drug-likeness (QED) is 0.809. The van der Waals surface area contributed by atoms with Crippen LogP contribution < -0.4 is 14.8 Å². The Labute approximate surface area is 121 Å². The van der Waals surface area contributed by atoms with E-state index < -0.39 is 6.61 Å². The third kappa shape index (κ3) is 4.75. The van der Waals surface area contributed by atoms with Crippen LogP contribution in [0.25, 0.3) is 0 Å². The second kappa shape index (κ2) is 7.64. The van der Waals surface area contributed by atoms with E-state index >= 15 is 0 Å². The fourth-order valence-electron chi connectivity index (χ4n) is 1.87. The molecule has 21 heavy (non-hydrogen) atoms. The Hall–Kier alpha value is -2.08. The van der Waals surface area contributed by atoms with Gasteiger partial charge in [-0.15, -0.1) is 0 Å². The molecule has 4 nitrogen and oxygen atoms in total. The summed E-state index contributed by atoms with van der Waals surface area (Å²) in [6.45, 7) is 0.548. The highest BCUT2D eigenvalue weighted by Gasteiger charge is 2.11. The Morgan fingerprint density at radius 3 is 2.62 bits per heavy atom. The lowest BCUT2D eigenvalue weighted by Gasteiger charge is -2.13. The maximum atomic E-state index is 12.3. The Balaban J connectivity index is 1.97. The molecule has 1 heterocycles. The summed E-state index contributed by atoms with van der Waals surface area (Å²) in [6, 6.07) is 6.79. The molecule has 0 fully saturated rings. The largest absolute Gasteiger partial charge is 0.490 e. The van der Waals surface area contributed by atoms with Crippen LogP contribution in [0.4, 0.5) is 8.78 Å².